The molecule has 3 N–H and O–H groups in total. The van der Waals surface area contributed by atoms with E-state index in [0.29, 0.717) is 22.7 Å². The van der Waals surface area contributed by atoms with Crippen LogP contribution < -0.4 is 10.5 Å². The van der Waals surface area contributed by atoms with E-state index in [4.69, 9.17) is 32.0 Å². The number of carboxylic acids is 1. The van der Waals surface area contributed by atoms with Gasteiger partial charge in [0.05, 0.1) is 16.5 Å². The summed E-state index contributed by atoms with van der Waals surface area (Å²) >= 11 is 7.59. The zero-order chi connectivity index (χ0) is 22.3. The van der Waals surface area contributed by atoms with Crippen molar-refractivity contribution >= 4 is 39.1 Å². The Balaban J connectivity index is 0.000000396. The number of benzene rings is 2. The fourth-order valence-electron chi connectivity index (χ4n) is 2.03. The summed E-state index contributed by atoms with van der Waals surface area (Å²) < 4.78 is 50.7. The molecule has 3 aromatic rings. The van der Waals surface area contributed by atoms with Gasteiger partial charge in [-0.3, -0.25) is 0 Å². The van der Waals surface area contributed by atoms with Crippen LogP contribution in [0.25, 0.3) is 20.8 Å². The van der Waals surface area contributed by atoms with Gasteiger partial charge < -0.3 is 15.6 Å². The molecule has 0 spiro atoms. The van der Waals surface area contributed by atoms with Crippen LogP contribution in [-0.2, 0) is 4.79 Å². The summed E-state index contributed by atoms with van der Waals surface area (Å²) in [5.41, 5.74) is 7.73. The minimum Gasteiger partial charge on any atom is -0.489 e. The van der Waals surface area contributed by atoms with Crippen molar-refractivity contribution in [2.24, 2.45) is 5.73 Å². The number of carbonyl (C=O) groups is 1. The maximum atomic E-state index is 12.4. The van der Waals surface area contributed by atoms with Gasteiger partial charge in [0.15, 0.2) is 0 Å². The van der Waals surface area contributed by atoms with E-state index in [1.54, 1.807) is 11.3 Å². The number of nitrogens with two attached hydrogens (primary N) is 1. The van der Waals surface area contributed by atoms with Crippen LogP contribution in [0.15, 0.2) is 54.4 Å². The molecular weight excluding hydrogens is 448 g/mol. The second-order valence-electron chi connectivity index (χ2n) is 5.72. The first-order valence-electron chi connectivity index (χ1n) is 8.21. The van der Waals surface area contributed by atoms with Gasteiger partial charge in [0.25, 0.3) is 0 Å². The van der Waals surface area contributed by atoms with Crippen molar-refractivity contribution in [3.63, 3.8) is 0 Å². The van der Waals surface area contributed by atoms with Gasteiger partial charge in [-0.25, -0.2) is 14.2 Å². The van der Waals surface area contributed by atoms with Crippen molar-refractivity contribution in [2.45, 2.75) is 6.18 Å². The highest BCUT2D eigenvalue weighted by Gasteiger charge is 2.38. The Labute approximate surface area is 177 Å². The summed E-state index contributed by atoms with van der Waals surface area (Å²) in [7, 11) is 0. The topological polar surface area (TPSA) is 85.4 Å². The van der Waals surface area contributed by atoms with Gasteiger partial charge in [-0.2, -0.15) is 13.2 Å². The Kier molecular flexibility index (Phi) is 8.16. The zero-order valence-corrected chi connectivity index (χ0v) is 16.7. The maximum absolute atomic E-state index is 12.4. The van der Waals surface area contributed by atoms with E-state index in [-0.39, 0.29) is 13.2 Å². The van der Waals surface area contributed by atoms with E-state index in [1.807, 2.05) is 42.5 Å². The minimum atomic E-state index is -5.08. The Hall–Kier alpha value is -2.69. The summed E-state index contributed by atoms with van der Waals surface area (Å²) in [5, 5.41) is 8.74. The van der Waals surface area contributed by atoms with Crippen molar-refractivity contribution in [2.75, 3.05) is 13.2 Å². The van der Waals surface area contributed by atoms with Gasteiger partial charge in [0.1, 0.15) is 17.4 Å². The molecule has 0 radical (unpaired) electrons. The second kappa shape index (κ2) is 10.4. The first kappa shape index (κ1) is 23.6. The summed E-state index contributed by atoms with van der Waals surface area (Å²) in [6, 6.07) is 13.2. The summed E-state index contributed by atoms with van der Waals surface area (Å²) in [6.45, 7) is 0.287. The predicted molar refractivity (Wildman–Crippen MR) is 107 cm³/mol. The minimum absolute atomic E-state index is 0.142. The van der Waals surface area contributed by atoms with Gasteiger partial charge in [0, 0.05) is 22.7 Å². The third-order valence-electron chi connectivity index (χ3n) is 3.53. The number of thiazole rings is 1. The number of carboxylic acid groups (broad SMARTS) is 1. The van der Waals surface area contributed by atoms with E-state index in [0.717, 1.165) is 20.8 Å². The predicted octanol–water partition coefficient (Wildman–Crippen LogP) is 5.44. The van der Waals surface area contributed by atoms with Crippen LogP contribution in [0.3, 0.4) is 0 Å². The maximum Gasteiger partial charge on any atom is 0.490 e. The number of alkyl halides is 3. The first-order valence-corrected chi connectivity index (χ1v) is 9.41. The highest BCUT2D eigenvalue weighted by Crippen LogP contribution is 2.32. The van der Waals surface area contributed by atoms with Crippen LogP contribution in [0.4, 0.5) is 17.6 Å². The number of rotatable bonds is 5. The lowest BCUT2D eigenvalue weighted by Crippen LogP contribution is -2.21. The summed E-state index contributed by atoms with van der Waals surface area (Å²) in [6.07, 6.45) is -4.60. The molecule has 0 fully saturated rings. The Morgan fingerprint density at radius 2 is 1.87 bits per heavy atom. The largest absolute Gasteiger partial charge is 0.490 e. The van der Waals surface area contributed by atoms with Crippen molar-refractivity contribution in [3.05, 3.63) is 59.4 Å². The van der Waals surface area contributed by atoms with Crippen molar-refractivity contribution < 1.29 is 32.2 Å². The number of ether oxygens (including phenoxy) is 1. The summed E-state index contributed by atoms with van der Waals surface area (Å²) in [5.74, 6) is -2.10. The Bertz CT molecular complexity index is 1040. The number of hydrogen-bond acceptors (Lipinski definition) is 5. The average molecular weight is 463 g/mol. The molecule has 0 bridgehead atoms. The fourth-order valence-corrected chi connectivity index (χ4v) is 3.27. The average Bonchev–Trinajstić information content (AvgIpc) is 3.12. The molecule has 0 atom stereocenters. The number of hydrogen-bond donors (Lipinski definition) is 2. The van der Waals surface area contributed by atoms with Crippen molar-refractivity contribution in [1.29, 1.82) is 0 Å². The van der Waals surface area contributed by atoms with Gasteiger partial charge in [0.2, 0.25) is 0 Å². The third-order valence-corrected chi connectivity index (χ3v) is 4.84. The molecule has 0 aliphatic carbocycles. The molecule has 0 saturated heterocycles. The molecule has 0 amide bonds. The van der Waals surface area contributed by atoms with Crippen molar-refractivity contribution in [3.8, 4) is 16.3 Å². The van der Waals surface area contributed by atoms with E-state index >= 15 is 0 Å². The molecule has 30 heavy (non-hydrogen) atoms. The standard InChI is InChI=1S/C17H14ClFN2OS.C2HF3O2/c18-13-3-6-15-16(7-13)23-17(21-15)12-1-4-14(5-2-12)22-10-11(8-19)9-20;3-2(4,5)1(6)7/h1-8H,9-10,20H2;(H,6,7)/b11-8+;. The highest BCUT2D eigenvalue weighted by molar-refractivity contribution is 7.21. The molecule has 1 aromatic heterocycles. The van der Waals surface area contributed by atoms with Gasteiger partial charge >= 0.3 is 12.1 Å². The van der Waals surface area contributed by atoms with Crippen LogP contribution in [0.5, 0.6) is 5.75 Å². The lowest BCUT2D eigenvalue weighted by Gasteiger charge is -2.07. The molecule has 3 rings (SSSR count). The van der Waals surface area contributed by atoms with Crippen LogP contribution in [0.1, 0.15) is 0 Å². The quantitative estimate of drug-likeness (QED) is 0.493. The van der Waals surface area contributed by atoms with E-state index in [9.17, 15) is 17.6 Å². The van der Waals surface area contributed by atoms with E-state index < -0.39 is 12.1 Å². The lowest BCUT2D eigenvalue weighted by molar-refractivity contribution is -0.192. The number of aromatic nitrogens is 1. The molecule has 5 nitrogen and oxygen atoms in total. The normalized spacial score (nSPS) is 11.7. The number of fused-ring (bicyclic) bond motifs is 1. The second-order valence-corrected chi connectivity index (χ2v) is 7.19. The molecule has 160 valence electrons. The molecule has 2 aromatic carbocycles. The fraction of sp³-hybridized carbons (Fsp3) is 0.158. The highest BCUT2D eigenvalue weighted by atomic mass is 35.5. The smallest absolute Gasteiger partial charge is 0.489 e. The molecule has 0 unspecified atom stereocenters. The molecule has 0 saturated carbocycles. The Morgan fingerprint density at radius 1 is 1.23 bits per heavy atom. The first-order chi connectivity index (χ1) is 14.1. The molecule has 0 aliphatic rings. The SMILES string of the molecule is NC/C(=C\F)COc1ccc(-c2nc3ccc(Cl)cc3s2)cc1.O=C(O)C(F)(F)F. The van der Waals surface area contributed by atoms with Gasteiger partial charge in [-0.05, 0) is 42.5 Å². The van der Waals surface area contributed by atoms with Crippen LogP contribution >= 0.6 is 22.9 Å². The van der Waals surface area contributed by atoms with E-state index in [1.165, 1.54) is 0 Å². The van der Waals surface area contributed by atoms with Crippen LogP contribution in [0.2, 0.25) is 5.02 Å². The van der Waals surface area contributed by atoms with Crippen LogP contribution in [-0.4, -0.2) is 35.4 Å². The summed E-state index contributed by atoms with van der Waals surface area (Å²) in [4.78, 5) is 13.5. The third kappa shape index (κ3) is 6.68. The number of halogens is 5. The number of aliphatic carboxylic acids is 1. The molecular formula is C19H15ClF4N2O3S. The molecule has 0 aliphatic heterocycles. The monoisotopic (exact) mass is 462 g/mol. The Morgan fingerprint density at radius 3 is 2.40 bits per heavy atom. The van der Waals surface area contributed by atoms with E-state index in [2.05, 4.69) is 4.98 Å². The van der Waals surface area contributed by atoms with Crippen molar-refractivity contribution in [1.82, 2.24) is 4.98 Å². The lowest BCUT2D eigenvalue weighted by atomic mass is 10.2. The zero-order valence-electron chi connectivity index (χ0n) is 15.1. The van der Waals surface area contributed by atoms with Gasteiger partial charge in [-0.15, -0.1) is 11.3 Å². The molecule has 1 heterocycles. The molecule has 11 heteroatoms. The van der Waals surface area contributed by atoms with Gasteiger partial charge in [-0.1, -0.05) is 11.6 Å². The van der Waals surface area contributed by atoms with Crippen LogP contribution in [0, 0.1) is 0 Å². The number of nitrogens with zero attached hydrogens (tertiary/aromatic N) is 1.